The zero-order valence-corrected chi connectivity index (χ0v) is 8.90. The number of hydrogen-bond donors (Lipinski definition) is 3. The summed E-state index contributed by atoms with van der Waals surface area (Å²) in [5.41, 5.74) is 2.24. The lowest BCUT2D eigenvalue weighted by Gasteiger charge is -2.10. The highest BCUT2D eigenvalue weighted by molar-refractivity contribution is 5.49. The first-order valence-corrected chi connectivity index (χ1v) is 5.04. The van der Waals surface area contributed by atoms with Crippen molar-refractivity contribution in [2.24, 2.45) is 0 Å². The SMILES string of the molecule is C=C(CCC)Nc1cccc(C(O)O)c1. The molecule has 0 atom stereocenters. The van der Waals surface area contributed by atoms with Gasteiger partial charge in [0.25, 0.3) is 0 Å². The number of nitrogens with one attached hydrogen (secondary N) is 1. The Bertz CT molecular complexity index is 334. The van der Waals surface area contributed by atoms with Crippen molar-refractivity contribution >= 4 is 5.69 Å². The van der Waals surface area contributed by atoms with Gasteiger partial charge in [-0.05, 0) is 18.6 Å². The predicted octanol–water partition coefficient (Wildman–Crippen LogP) is 2.40. The second kappa shape index (κ2) is 5.53. The van der Waals surface area contributed by atoms with Gasteiger partial charge in [0.1, 0.15) is 0 Å². The Morgan fingerprint density at radius 2 is 2.20 bits per heavy atom. The number of hydrogen-bond acceptors (Lipinski definition) is 3. The minimum absolute atomic E-state index is 0.476. The molecule has 0 aliphatic rings. The molecular weight excluding hydrogens is 190 g/mol. The fourth-order valence-electron chi connectivity index (χ4n) is 1.35. The molecule has 0 aliphatic carbocycles. The molecule has 1 aromatic carbocycles. The van der Waals surface area contributed by atoms with E-state index >= 15 is 0 Å². The van der Waals surface area contributed by atoms with Gasteiger partial charge >= 0.3 is 0 Å². The number of aliphatic hydroxyl groups is 2. The van der Waals surface area contributed by atoms with Crippen LogP contribution in [0.15, 0.2) is 36.5 Å². The summed E-state index contributed by atoms with van der Waals surface area (Å²) in [4.78, 5) is 0. The third kappa shape index (κ3) is 3.73. The largest absolute Gasteiger partial charge is 0.364 e. The van der Waals surface area contributed by atoms with Crippen LogP contribution in [0.25, 0.3) is 0 Å². The minimum atomic E-state index is -1.42. The molecule has 0 spiro atoms. The summed E-state index contributed by atoms with van der Waals surface area (Å²) in [6, 6.07) is 7.01. The van der Waals surface area contributed by atoms with Crippen molar-refractivity contribution in [2.45, 2.75) is 26.1 Å². The van der Waals surface area contributed by atoms with E-state index < -0.39 is 6.29 Å². The first kappa shape index (κ1) is 11.8. The molecule has 0 unspecified atom stereocenters. The van der Waals surface area contributed by atoms with E-state index in [-0.39, 0.29) is 0 Å². The van der Waals surface area contributed by atoms with Crippen molar-refractivity contribution in [1.29, 1.82) is 0 Å². The molecule has 1 aromatic rings. The first-order chi connectivity index (χ1) is 7.13. The average Bonchev–Trinajstić information content (AvgIpc) is 2.18. The third-order valence-corrected chi connectivity index (χ3v) is 2.06. The van der Waals surface area contributed by atoms with Crippen molar-refractivity contribution in [2.75, 3.05) is 5.32 Å². The predicted molar refractivity (Wildman–Crippen MR) is 61.3 cm³/mol. The molecule has 0 heterocycles. The summed E-state index contributed by atoms with van der Waals surface area (Å²) in [5.74, 6) is 0. The van der Waals surface area contributed by atoms with Crippen LogP contribution in [0.1, 0.15) is 31.6 Å². The van der Waals surface area contributed by atoms with Gasteiger partial charge in [0, 0.05) is 16.9 Å². The highest BCUT2D eigenvalue weighted by Gasteiger charge is 2.03. The fraction of sp³-hybridized carbons (Fsp3) is 0.333. The monoisotopic (exact) mass is 207 g/mol. The lowest BCUT2D eigenvalue weighted by molar-refractivity contribution is -0.0424. The lowest BCUT2D eigenvalue weighted by atomic mass is 10.2. The van der Waals surface area contributed by atoms with Crippen LogP contribution in [-0.4, -0.2) is 10.2 Å². The third-order valence-electron chi connectivity index (χ3n) is 2.06. The van der Waals surface area contributed by atoms with Crippen LogP contribution in [0, 0.1) is 0 Å². The van der Waals surface area contributed by atoms with E-state index in [9.17, 15) is 0 Å². The molecule has 82 valence electrons. The maximum atomic E-state index is 8.99. The maximum Gasteiger partial charge on any atom is 0.178 e. The van der Waals surface area contributed by atoms with E-state index in [1.807, 2.05) is 6.07 Å². The summed E-state index contributed by atoms with van der Waals surface area (Å²) in [6.07, 6.45) is 0.520. The van der Waals surface area contributed by atoms with Crippen molar-refractivity contribution in [1.82, 2.24) is 0 Å². The molecule has 0 aliphatic heterocycles. The highest BCUT2D eigenvalue weighted by Crippen LogP contribution is 2.17. The van der Waals surface area contributed by atoms with Crippen LogP contribution < -0.4 is 5.32 Å². The molecule has 0 fully saturated rings. The van der Waals surface area contributed by atoms with E-state index in [1.165, 1.54) is 0 Å². The van der Waals surface area contributed by atoms with Crippen molar-refractivity contribution in [3.63, 3.8) is 0 Å². The molecule has 3 nitrogen and oxygen atoms in total. The normalized spacial score (nSPS) is 10.4. The van der Waals surface area contributed by atoms with Crippen molar-refractivity contribution < 1.29 is 10.2 Å². The summed E-state index contributed by atoms with van der Waals surface area (Å²) >= 11 is 0. The van der Waals surface area contributed by atoms with Crippen LogP contribution in [0.4, 0.5) is 5.69 Å². The number of allylic oxidation sites excluding steroid dienone is 1. The Kier molecular flexibility index (Phi) is 4.34. The van der Waals surface area contributed by atoms with Crippen molar-refractivity contribution in [3.8, 4) is 0 Å². The van der Waals surface area contributed by atoms with Gasteiger partial charge in [0.2, 0.25) is 0 Å². The smallest absolute Gasteiger partial charge is 0.178 e. The van der Waals surface area contributed by atoms with E-state index in [2.05, 4.69) is 18.8 Å². The Morgan fingerprint density at radius 3 is 2.80 bits per heavy atom. The van der Waals surface area contributed by atoms with Gasteiger partial charge in [-0.3, -0.25) is 0 Å². The maximum absolute atomic E-state index is 8.99. The second-order valence-electron chi connectivity index (χ2n) is 3.48. The molecule has 0 saturated carbocycles. The quantitative estimate of drug-likeness (QED) is 0.650. The Labute approximate surface area is 90.1 Å². The Hall–Kier alpha value is -1.32. The molecule has 0 saturated heterocycles. The summed E-state index contributed by atoms with van der Waals surface area (Å²) in [7, 11) is 0. The molecular formula is C12H17NO2. The molecule has 0 radical (unpaired) electrons. The Morgan fingerprint density at radius 1 is 1.47 bits per heavy atom. The number of aliphatic hydroxyl groups excluding tert-OH is 1. The van der Waals surface area contributed by atoms with E-state index in [4.69, 9.17) is 10.2 Å². The molecule has 15 heavy (non-hydrogen) atoms. The van der Waals surface area contributed by atoms with Gasteiger partial charge in [-0.2, -0.15) is 0 Å². The van der Waals surface area contributed by atoms with Crippen LogP contribution in [-0.2, 0) is 0 Å². The minimum Gasteiger partial charge on any atom is -0.364 e. The average molecular weight is 207 g/mol. The zero-order valence-electron chi connectivity index (χ0n) is 8.90. The van der Waals surface area contributed by atoms with Crippen LogP contribution in [0.2, 0.25) is 0 Å². The van der Waals surface area contributed by atoms with E-state index in [0.717, 1.165) is 24.2 Å². The molecule has 3 heteroatoms. The molecule has 0 bridgehead atoms. The fourth-order valence-corrected chi connectivity index (χ4v) is 1.35. The highest BCUT2D eigenvalue weighted by atomic mass is 16.5. The molecule has 0 aromatic heterocycles. The number of benzene rings is 1. The first-order valence-electron chi connectivity index (χ1n) is 5.04. The van der Waals surface area contributed by atoms with E-state index in [1.54, 1.807) is 18.2 Å². The number of rotatable bonds is 5. The number of anilines is 1. The Balaban J connectivity index is 2.69. The van der Waals surface area contributed by atoms with Gasteiger partial charge in [-0.1, -0.05) is 32.1 Å². The van der Waals surface area contributed by atoms with Gasteiger partial charge in [-0.15, -0.1) is 0 Å². The van der Waals surface area contributed by atoms with Crippen molar-refractivity contribution in [3.05, 3.63) is 42.1 Å². The van der Waals surface area contributed by atoms with Crippen LogP contribution >= 0.6 is 0 Å². The van der Waals surface area contributed by atoms with E-state index in [0.29, 0.717) is 5.56 Å². The summed E-state index contributed by atoms with van der Waals surface area (Å²) < 4.78 is 0. The van der Waals surface area contributed by atoms with Gasteiger partial charge in [0.05, 0.1) is 0 Å². The summed E-state index contributed by atoms with van der Waals surface area (Å²) in [6.45, 7) is 5.96. The lowest BCUT2D eigenvalue weighted by Crippen LogP contribution is -2.00. The molecule has 1 rings (SSSR count). The topological polar surface area (TPSA) is 52.5 Å². The molecule has 0 amide bonds. The van der Waals surface area contributed by atoms with Gasteiger partial charge in [0.15, 0.2) is 6.29 Å². The van der Waals surface area contributed by atoms with Gasteiger partial charge < -0.3 is 15.5 Å². The zero-order chi connectivity index (χ0) is 11.3. The molecule has 3 N–H and O–H groups in total. The van der Waals surface area contributed by atoms with Crippen LogP contribution in [0.3, 0.4) is 0 Å². The standard InChI is InChI=1S/C12H17NO2/c1-3-5-9(2)13-11-7-4-6-10(8-11)12(14)15/h4,6-8,12-15H,2-3,5H2,1H3. The van der Waals surface area contributed by atoms with Crippen LogP contribution in [0.5, 0.6) is 0 Å². The summed E-state index contributed by atoms with van der Waals surface area (Å²) in [5, 5.41) is 21.1. The van der Waals surface area contributed by atoms with Gasteiger partial charge in [-0.25, -0.2) is 0 Å². The second-order valence-corrected chi connectivity index (χ2v) is 3.48.